The van der Waals surface area contributed by atoms with E-state index in [-0.39, 0.29) is 5.97 Å². The van der Waals surface area contributed by atoms with Crippen molar-refractivity contribution in [1.82, 2.24) is 9.55 Å². The number of aryl methyl sites for hydroxylation is 1. The van der Waals surface area contributed by atoms with Gasteiger partial charge in [0, 0.05) is 30.4 Å². The number of esters is 1. The Morgan fingerprint density at radius 3 is 2.60 bits per heavy atom. The molecule has 134 valence electrons. The molecule has 1 aliphatic carbocycles. The molecular formula is C19H23ClN2O3. The largest absolute Gasteiger partial charge is 0.476 e. The zero-order chi connectivity index (χ0) is 17.7. The SMILES string of the molecule is Cn1cncc1CCOC(=O)C1(Oc2ccc(Cl)cc2)CCCCC1. The second-order valence-corrected chi connectivity index (χ2v) is 6.93. The summed E-state index contributed by atoms with van der Waals surface area (Å²) < 4.78 is 13.6. The van der Waals surface area contributed by atoms with Crippen LogP contribution in [0.15, 0.2) is 36.8 Å². The van der Waals surface area contributed by atoms with Crippen molar-refractivity contribution in [2.75, 3.05) is 6.61 Å². The fourth-order valence-corrected chi connectivity index (χ4v) is 3.33. The molecule has 1 fully saturated rings. The van der Waals surface area contributed by atoms with Gasteiger partial charge in [0.1, 0.15) is 5.75 Å². The monoisotopic (exact) mass is 362 g/mol. The van der Waals surface area contributed by atoms with Gasteiger partial charge >= 0.3 is 5.97 Å². The van der Waals surface area contributed by atoms with E-state index in [9.17, 15) is 4.79 Å². The predicted octanol–water partition coefficient (Wildman–Crippen LogP) is 3.94. The van der Waals surface area contributed by atoms with Gasteiger partial charge in [-0.2, -0.15) is 0 Å². The van der Waals surface area contributed by atoms with Crippen LogP contribution < -0.4 is 4.74 Å². The summed E-state index contributed by atoms with van der Waals surface area (Å²) in [7, 11) is 1.93. The van der Waals surface area contributed by atoms with E-state index in [0.717, 1.165) is 25.0 Å². The molecule has 1 heterocycles. The quantitative estimate of drug-likeness (QED) is 0.730. The lowest BCUT2D eigenvalue weighted by Crippen LogP contribution is -2.47. The topological polar surface area (TPSA) is 53.4 Å². The first kappa shape index (κ1) is 17.8. The van der Waals surface area contributed by atoms with Gasteiger partial charge in [-0.05, 0) is 49.9 Å². The number of carbonyl (C=O) groups is 1. The molecule has 25 heavy (non-hydrogen) atoms. The van der Waals surface area contributed by atoms with Crippen LogP contribution in [-0.4, -0.2) is 27.7 Å². The van der Waals surface area contributed by atoms with E-state index in [0.29, 0.717) is 36.6 Å². The molecule has 0 bridgehead atoms. The summed E-state index contributed by atoms with van der Waals surface area (Å²) in [6, 6.07) is 7.12. The molecule has 0 saturated heterocycles. The maximum absolute atomic E-state index is 12.8. The van der Waals surface area contributed by atoms with Crippen LogP contribution in [0.5, 0.6) is 5.75 Å². The van der Waals surface area contributed by atoms with Crippen molar-refractivity contribution in [3.63, 3.8) is 0 Å². The number of hydrogen-bond donors (Lipinski definition) is 0. The third-order valence-electron chi connectivity index (χ3n) is 4.67. The molecule has 1 aromatic heterocycles. The average molecular weight is 363 g/mol. The maximum Gasteiger partial charge on any atom is 0.350 e. The van der Waals surface area contributed by atoms with Crippen LogP contribution in [0.2, 0.25) is 5.02 Å². The Kier molecular flexibility index (Phi) is 5.63. The van der Waals surface area contributed by atoms with E-state index >= 15 is 0 Å². The molecule has 0 N–H and O–H groups in total. The summed E-state index contributed by atoms with van der Waals surface area (Å²) >= 11 is 5.93. The molecule has 5 nitrogen and oxygen atoms in total. The van der Waals surface area contributed by atoms with Crippen LogP contribution in [0.25, 0.3) is 0 Å². The standard InChI is InChI=1S/C19H23ClN2O3/c1-22-14-21-13-16(22)9-12-24-18(23)19(10-3-2-4-11-19)25-17-7-5-15(20)6-8-17/h5-8,13-14H,2-4,9-12H2,1H3. The third kappa shape index (κ3) is 4.34. The highest BCUT2D eigenvalue weighted by molar-refractivity contribution is 6.30. The highest BCUT2D eigenvalue weighted by atomic mass is 35.5. The molecule has 0 radical (unpaired) electrons. The lowest BCUT2D eigenvalue weighted by Gasteiger charge is -2.35. The predicted molar refractivity (Wildman–Crippen MR) is 95.8 cm³/mol. The molecule has 1 aromatic carbocycles. The van der Waals surface area contributed by atoms with Crippen LogP contribution in [0.4, 0.5) is 0 Å². The molecule has 0 atom stereocenters. The Bertz CT molecular complexity index is 706. The number of ether oxygens (including phenoxy) is 2. The number of carbonyl (C=O) groups excluding carboxylic acids is 1. The molecule has 0 unspecified atom stereocenters. The van der Waals surface area contributed by atoms with Crippen LogP contribution in [-0.2, 0) is 23.0 Å². The average Bonchev–Trinajstić information content (AvgIpc) is 3.03. The van der Waals surface area contributed by atoms with Crippen molar-refractivity contribution in [3.8, 4) is 5.75 Å². The highest BCUT2D eigenvalue weighted by Gasteiger charge is 2.43. The first-order valence-corrected chi connectivity index (χ1v) is 9.04. The number of hydrogen-bond acceptors (Lipinski definition) is 4. The minimum atomic E-state index is -0.890. The van der Waals surface area contributed by atoms with Crippen LogP contribution in [0, 0.1) is 0 Å². The second-order valence-electron chi connectivity index (χ2n) is 6.49. The highest BCUT2D eigenvalue weighted by Crippen LogP contribution is 2.34. The van der Waals surface area contributed by atoms with Crippen molar-refractivity contribution in [3.05, 3.63) is 47.5 Å². The summed E-state index contributed by atoms with van der Waals surface area (Å²) in [5.41, 5.74) is 0.141. The molecule has 6 heteroatoms. The van der Waals surface area contributed by atoms with Crippen LogP contribution >= 0.6 is 11.6 Å². The summed E-state index contributed by atoms with van der Waals surface area (Å²) in [6.07, 6.45) is 8.57. The summed E-state index contributed by atoms with van der Waals surface area (Å²) in [4.78, 5) is 16.9. The molecule has 3 rings (SSSR count). The fraction of sp³-hybridized carbons (Fsp3) is 0.474. The van der Waals surface area contributed by atoms with Crippen LogP contribution in [0.1, 0.15) is 37.8 Å². The van der Waals surface area contributed by atoms with E-state index < -0.39 is 5.60 Å². The van der Waals surface area contributed by atoms with E-state index in [4.69, 9.17) is 21.1 Å². The normalized spacial score (nSPS) is 16.4. The smallest absolute Gasteiger partial charge is 0.350 e. The van der Waals surface area contributed by atoms with Gasteiger partial charge in [-0.3, -0.25) is 0 Å². The number of rotatable bonds is 6. The van der Waals surface area contributed by atoms with E-state index in [2.05, 4.69) is 4.98 Å². The molecule has 1 saturated carbocycles. The minimum Gasteiger partial charge on any atom is -0.476 e. The lowest BCUT2D eigenvalue weighted by atomic mass is 9.84. The fourth-order valence-electron chi connectivity index (χ4n) is 3.20. The number of halogens is 1. The molecule has 2 aromatic rings. The zero-order valence-electron chi connectivity index (χ0n) is 14.4. The van der Waals surface area contributed by atoms with Gasteiger partial charge < -0.3 is 14.0 Å². The van der Waals surface area contributed by atoms with E-state index in [1.807, 2.05) is 11.6 Å². The molecule has 0 spiro atoms. The third-order valence-corrected chi connectivity index (χ3v) is 4.92. The number of nitrogens with zero attached hydrogens (tertiary/aromatic N) is 2. The minimum absolute atomic E-state index is 0.274. The van der Waals surface area contributed by atoms with Gasteiger partial charge in [-0.25, -0.2) is 9.78 Å². The molecule has 0 amide bonds. The lowest BCUT2D eigenvalue weighted by molar-refractivity contribution is -0.165. The van der Waals surface area contributed by atoms with Gasteiger partial charge in [0.15, 0.2) is 0 Å². The van der Waals surface area contributed by atoms with E-state index in [1.54, 1.807) is 36.8 Å². The summed E-state index contributed by atoms with van der Waals surface area (Å²) in [5.74, 6) is 0.374. The van der Waals surface area contributed by atoms with Crippen molar-refractivity contribution in [2.24, 2.45) is 7.05 Å². The Hall–Kier alpha value is -2.01. The van der Waals surface area contributed by atoms with Crippen molar-refractivity contribution in [1.29, 1.82) is 0 Å². The Labute approximate surface area is 152 Å². The van der Waals surface area contributed by atoms with Gasteiger partial charge in [0.2, 0.25) is 5.60 Å². The van der Waals surface area contributed by atoms with Gasteiger partial charge in [0.25, 0.3) is 0 Å². The first-order chi connectivity index (χ1) is 12.1. The van der Waals surface area contributed by atoms with E-state index in [1.165, 1.54) is 0 Å². The molecule has 0 aliphatic heterocycles. The maximum atomic E-state index is 12.8. The van der Waals surface area contributed by atoms with Crippen molar-refractivity contribution < 1.29 is 14.3 Å². The summed E-state index contributed by atoms with van der Waals surface area (Å²) in [5, 5.41) is 0.642. The second kappa shape index (κ2) is 7.91. The van der Waals surface area contributed by atoms with Gasteiger partial charge in [-0.15, -0.1) is 0 Å². The Balaban J connectivity index is 1.65. The molecular weight excluding hydrogens is 340 g/mol. The Morgan fingerprint density at radius 2 is 1.96 bits per heavy atom. The van der Waals surface area contributed by atoms with Crippen LogP contribution in [0.3, 0.4) is 0 Å². The van der Waals surface area contributed by atoms with Gasteiger partial charge in [0.05, 0.1) is 12.9 Å². The molecule has 1 aliphatic rings. The Morgan fingerprint density at radius 1 is 1.24 bits per heavy atom. The summed E-state index contributed by atoms with van der Waals surface area (Å²) in [6.45, 7) is 0.324. The zero-order valence-corrected chi connectivity index (χ0v) is 15.2. The number of aromatic nitrogens is 2. The van der Waals surface area contributed by atoms with Crippen molar-refractivity contribution in [2.45, 2.75) is 44.1 Å². The first-order valence-electron chi connectivity index (χ1n) is 8.66. The number of benzene rings is 1. The van der Waals surface area contributed by atoms with Crippen molar-refractivity contribution >= 4 is 17.6 Å². The number of imidazole rings is 1. The van der Waals surface area contributed by atoms with Gasteiger partial charge in [-0.1, -0.05) is 18.0 Å².